The van der Waals surface area contributed by atoms with E-state index >= 15 is 0 Å². The van der Waals surface area contributed by atoms with Crippen molar-refractivity contribution in [3.8, 4) is 11.8 Å². The van der Waals surface area contributed by atoms with Crippen LogP contribution in [0.3, 0.4) is 0 Å². The van der Waals surface area contributed by atoms with Crippen molar-refractivity contribution in [1.82, 2.24) is 16.2 Å². The molecule has 5 N–H and O–H groups in total. The van der Waals surface area contributed by atoms with Crippen LogP contribution >= 0.6 is 15.9 Å². The molecule has 10 heteroatoms. The van der Waals surface area contributed by atoms with Gasteiger partial charge >= 0.3 is 6.03 Å². The van der Waals surface area contributed by atoms with Gasteiger partial charge in [0.2, 0.25) is 5.91 Å². The number of nitrogens with zero attached hydrogens (tertiary/aromatic N) is 1. The van der Waals surface area contributed by atoms with E-state index in [0.29, 0.717) is 11.1 Å². The van der Waals surface area contributed by atoms with E-state index in [1.165, 1.54) is 0 Å². The van der Waals surface area contributed by atoms with Gasteiger partial charge < -0.3 is 15.8 Å². The number of hydrogen-bond donors (Lipinski definition) is 4. The van der Waals surface area contributed by atoms with Crippen LogP contribution in [0.2, 0.25) is 0 Å². The highest BCUT2D eigenvalue weighted by atomic mass is 79.9. The number of amides is 4. The third-order valence-corrected chi connectivity index (χ3v) is 4.16. The van der Waals surface area contributed by atoms with Crippen LogP contribution in [-0.2, 0) is 9.59 Å². The van der Waals surface area contributed by atoms with Gasteiger partial charge in [-0.05, 0) is 29.8 Å². The second-order valence-corrected chi connectivity index (χ2v) is 6.73. The molecular formula is C19H18BrN5O4. The fourth-order valence-electron chi connectivity index (χ4n) is 2.39. The van der Waals surface area contributed by atoms with Crippen LogP contribution in [0.4, 0.5) is 4.79 Å². The first-order valence-corrected chi connectivity index (χ1v) is 9.19. The van der Waals surface area contributed by atoms with Crippen molar-refractivity contribution < 1.29 is 19.1 Å². The molecule has 9 nitrogen and oxygen atoms in total. The van der Waals surface area contributed by atoms with E-state index in [9.17, 15) is 14.4 Å². The Morgan fingerprint density at radius 2 is 1.83 bits per heavy atom. The number of hydrogen-bond acceptors (Lipinski definition) is 5. The standard InChI is InChI=1S/C19H18BrN5O4/c20-14-6-3-5-12(8-14)15(23-19(22)28)9-17(26)24-25-18(27)11-29-16-7-2-1-4-13(16)10-21/h1-8,15H,9,11H2,(H,24,26)(H,25,27)(H3,22,23,28). The molecule has 0 aliphatic rings. The molecule has 1 atom stereocenters. The lowest BCUT2D eigenvalue weighted by Crippen LogP contribution is -2.45. The summed E-state index contributed by atoms with van der Waals surface area (Å²) in [7, 11) is 0. The van der Waals surface area contributed by atoms with E-state index in [-0.39, 0.29) is 12.2 Å². The smallest absolute Gasteiger partial charge is 0.312 e. The first-order valence-electron chi connectivity index (χ1n) is 8.40. The second-order valence-electron chi connectivity index (χ2n) is 5.81. The zero-order valence-corrected chi connectivity index (χ0v) is 16.7. The number of benzene rings is 2. The van der Waals surface area contributed by atoms with Crippen molar-refractivity contribution in [3.05, 3.63) is 64.1 Å². The van der Waals surface area contributed by atoms with Crippen molar-refractivity contribution in [2.75, 3.05) is 6.61 Å². The van der Waals surface area contributed by atoms with Crippen LogP contribution < -0.4 is 26.6 Å². The minimum atomic E-state index is -0.781. The molecule has 2 aromatic carbocycles. The minimum Gasteiger partial charge on any atom is -0.482 e. The quantitative estimate of drug-likeness (QED) is 0.464. The summed E-state index contributed by atoms with van der Waals surface area (Å²) in [5.41, 5.74) is 10.6. The van der Waals surface area contributed by atoms with E-state index in [4.69, 9.17) is 15.7 Å². The molecule has 4 amide bonds. The number of carbonyl (C=O) groups is 3. The van der Waals surface area contributed by atoms with Crippen molar-refractivity contribution in [3.63, 3.8) is 0 Å². The molecule has 0 spiro atoms. The number of nitrogens with two attached hydrogens (primary N) is 1. The zero-order chi connectivity index (χ0) is 21.2. The Labute approximate surface area is 175 Å². The molecule has 0 fully saturated rings. The van der Waals surface area contributed by atoms with E-state index in [0.717, 1.165) is 4.47 Å². The summed E-state index contributed by atoms with van der Waals surface area (Å²) in [6, 6.07) is 14.0. The molecule has 0 heterocycles. The molecule has 0 bridgehead atoms. The summed E-state index contributed by atoms with van der Waals surface area (Å²) < 4.78 is 6.05. The predicted octanol–water partition coefficient (Wildman–Crippen LogP) is 1.65. The molecule has 2 rings (SSSR count). The van der Waals surface area contributed by atoms with Gasteiger partial charge in [0.05, 0.1) is 18.0 Å². The highest BCUT2D eigenvalue weighted by Gasteiger charge is 2.18. The number of primary amides is 1. The molecule has 0 aliphatic carbocycles. The van der Waals surface area contributed by atoms with Crippen LogP contribution in [0, 0.1) is 11.3 Å². The summed E-state index contributed by atoms with van der Waals surface area (Å²) in [6.07, 6.45) is -0.155. The molecule has 0 aliphatic heterocycles. The molecule has 29 heavy (non-hydrogen) atoms. The number of hydrazine groups is 1. The number of ether oxygens (including phenoxy) is 1. The van der Waals surface area contributed by atoms with Gasteiger partial charge in [-0.2, -0.15) is 5.26 Å². The molecule has 0 saturated carbocycles. The number of halogens is 1. The third-order valence-electron chi connectivity index (χ3n) is 3.66. The Morgan fingerprint density at radius 3 is 2.52 bits per heavy atom. The third kappa shape index (κ3) is 7.15. The molecule has 0 saturated heterocycles. The van der Waals surface area contributed by atoms with Crippen LogP contribution in [0.5, 0.6) is 5.75 Å². The topological polar surface area (TPSA) is 146 Å². The van der Waals surface area contributed by atoms with Crippen molar-refractivity contribution >= 4 is 33.8 Å². The zero-order valence-electron chi connectivity index (χ0n) is 15.1. The number of nitriles is 1. The van der Waals surface area contributed by atoms with Crippen molar-refractivity contribution in [2.24, 2.45) is 5.73 Å². The Balaban J connectivity index is 1.87. The summed E-state index contributed by atoms with van der Waals surface area (Å²) in [4.78, 5) is 35.3. The van der Waals surface area contributed by atoms with Crippen LogP contribution in [0.1, 0.15) is 23.6 Å². The average Bonchev–Trinajstić information content (AvgIpc) is 2.70. The van der Waals surface area contributed by atoms with Gasteiger partial charge in [0.1, 0.15) is 11.8 Å². The average molecular weight is 460 g/mol. The molecular weight excluding hydrogens is 442 g/mol. The monoisotopic (exact) mass is 459 g/mol. The Morgan fingerprint density at radius 1 is 1.10 bits per heavy atom. The number of para-hydroxylation sites is 1. The molecule has 150 valence electrons. The van der Waals surface area contributed by atoms with E-state index < -0.39 is 30.5 Å². The van der Waals surface area contributed by atoms with Gasteiger partial charge in [-0.1, -0.05) is 40.2 Å². The predicted molar refractivity (Wildman–Crippen MR) is 107 cm³/mol. The Kier molecular flexibility index (Phi) is 8.00. The van der Waals surface area contributed by atoms with Gasteiger partial charge in [-0.15, -0.1) is 0 Å². The summed E-state index contributed by atoms with van der Waals surface area (Å²) >= 11 is 3.32. The first kappa shape index (κ1) is 21.7. The van der Waals surface area contributed by atoms with Crippen molar-refractivity contribution in [1.29, 1.82) is 5.26 Å². The Bertz CT molecular complexity index is 944. The number of rotatable bonds is 7. The van der Waals surface area contributed by atoms with E-state index in [1.807, 2.05) is 6.07 Å². The van der Waals surface area contributed by atoms with Crippen LogP contribution in [0.25, 0.3) is 0 Å². The highest BCUT2D eigenvalue weighted by molar-refractivity contribution is 9.10. The number of nitrogens with one attached hydrogen (secondary N) is 3. The maximum Gasteiger partial charge on any atom is 0.312 e. The Hall–Kier alpha value is -3.58. The second kappa shape index (κ2) is 10.7. The van der Waals surface area contributed by atoms with Gasteiger partial charge in [0.25, 0.3) is 5.91 Å². The SMILES string of the molecule is N#Cc1ccccc1OCC(=O)NNC(=O)CC(NC(N)=O)c1cccc(Br)c1. The van der Waals surface area contributed by atoms with Crippen LogP contribution in [0.15, 0.2) is 53.0 Å². The number of carbonyl (C=O) groups excluding carboxylic acids is 3. The lowest BCUT2D eigenvalue weighted by Gasteiger charge is -2.18. The molecule has 2 aromatic rings. The lowest BCUT2D eigenvalue weighted by atomic mass is 10.0. The lowest BCUT2D eigenvalue weighted by molar-refractivity contribution is -0.130. The fraction of sp³-hybridized carbons (Fsp3) is 0.158. The molecule has 1 unspecified atom stereocenters. The minimum absolute atomic E-state index is 0.155. The maximum absolute atomic E-state index is 12.2. The largest absolute Gasteiger partial charge is 0.482 e. The van der Waals surface area contributed by atoms with Gasteiger partial charge in [-0.25, -0.2) is 4.79 Å². The van der Waals surface area contributed by atoms with Gasteiger partial charge in [0.15, 0.2) is 6.61 Å². The maximum atomic E-state index is 12.2. The van der Waals surface area contributed by atoms with Gasteiger partial charge in [-0.3, -0.25) is 20.4 Å². The molecule has 0 aromatic heterocycles. The van der Waals surface area contributed by atoms with E-state index in [2.05, 4.69) is 32.1 Å². The van der Waals surface area contributed by atoms with E-state index in [1.54, 1.807) is 48.5 Å². The first-order chi connectivity index (χ1) is 13.9. The van der Waals surface area contributed by atoms with Gasteiger partial charge in [0, 0.05) is 4.47 Å². The highest BCUT2D eigenvalue weighted by Crippen LogP contribution is 2.21. The van der Waals surface area contributed by atoms with Crippen molar-refractivity contribution in [2.45, 2.75) is 12.5 Å². The normalized spacial score (nSPS) is 10.9. The fourth-order valence-corrected chi connectivity index (χ4v) is 2.80. The summed E-state index contributed by atoms with van der Waals surface area (Å²) in [6.45, 7) is -0.395. The number of urea groups is 1. The molecule has 0 radical (unpaired) electrons. The summed E-state index contributed by atoms with van der Waals surface area (Å²) in [5, 5.41) is 11.5. The van der Waals surface area contributed by atoms with Crippen LogP contribution in [-0.4, -0.2) is 24.5 Å². The summed E-state index contributed by atoms with van der Waals surface area (Å²) in [5.74, 6) is -0.903.